The molecular weight excluding hydrogens is 387 g/mol. The molecule has 0 atom stereocenters. The van der Waals surface area contributed by atoms with E-state index in [2.05, 4.69) is 27.9 Å². The number of carbonyl (C=O) groups excluding carboxylic acids is 1. The Morgan fingerprint density at radius 2 is 2.05 bits per heavy atom. The Bertz CT molecular complexity index is 671. The van der Waals surface area contributed by atoms with Gasteiger partial charge in [-0.3, -0.25) is 4.79 Å². The Morgan fingerprint density at radius 1 is 1.25 bits per heavy atom. The molecule has 0 unspecified atom stereocenters. The van der Waals surface area contributed by atoms with Crippen molar-refractivity contribution in [2.75, 3.05) is 11.1 Å². The minimum absolute atomic E-state index is 0.240. The van der Waals surface area contributed by atoms with Crippen LogP contribution in [0.15, 0.2) is 48.5 Å². The molecule has 3 nitrogen and oxygen atoms in total. The van der Waals surface area contributed by atoms with Crippen molar-refractivity contribution in [1.82, 2.24) is 0 Å². The molecule has 0 aliphatic rings. The van der Waals surface area contributed by atoms with Crippen molar-refractivity contribution in [3.63, 3.8) is 0 Å². The number of nitrogens with one attached hydrogen (secondary N) is 1. The quantitative estimate of drug-likeness (QED) is 0.463. The van der Waals surface area contributed by atoms with E-state index in [-0.39, 0.29) is 5.91 Å². The van der Waals surface area contributed by atoms with Gasteiger partial charge in [0.2, 0.25) is 5.91 Å². The molecule has 0 radical (unpaired) electrons. The summed E-state index contributed by atoms with van der Waals surface area (Å²) < 4.78 is 1.01. The Balaban J connectivity index is 2.05. The maximum Gasteiger partial charge on any atom is 0.248 e. The van der Waals surface area contributed by atoms with E-state index in [1.807, 2.05) is 18.2 Å². The van der Waals surface area contributed by atoms with Crippen LogP contribution in [0, 0.1) is 3.57 Å². The lowest BCUT2D eigenvalue weighted by atomic mass is 10.2. The van der Waals surface area contributed by atoms with E-state index in [1.54, 1.807) is 30.3 Å². The number of hydrogen-bond acceptors (Lipinski definition) is 2. The molecule has 2 aromatic carbocycles. The predicted molar refractivity (Wildman–Crippen MR) is 92.7 cm³/mol. The molecule has 102 valence electrons. The number of benzene rings is 2. The van der Waals surface area contributed by atoms with E-state index in [9.17, 15) is 4.79 Å². The fourth-order valence-electron chi connectivity index (χ4n) is 1.60. The average Bonchev–Trinajstić information content (AvgIpc) is 2.40. The molecule has 0 heterocycles. The van der Waals surface area contributed by atoms with E-state index in [0.717, 1.165) is 9.13 Å². The first-order valence-corrected chi connectivity index (χ1v) is 7.30. The number of hydrogen-bond donors (Lipinski definition) is 2. The van der Waals surface area contributed by atoms with Gasteiger partial charge in [-0.25, -0.2) is 0 Å². The third-order valence-corrected chi connectivity index (χ3v) is 3.51. The van der Waals surface area contributed by atoms with E-state index in [1.165, 1.54) is 6.08 Å². The highest BCUT2D eigenvalue weighted by Gasteiger charge is 2.03. The Morgan fingerprint density at radius 3 is 2.75 bits per heavy atom. The molecule has 1 amide bonds. The van der Waals surface area contributed by atoms with Crippen molar-refractivity contribution in [2.45, 2.75) is 0 Å². The van der Waals surface area contributed by atoms with Gasteiger partial charge in [0.1, 0.15) is 0 Å². The SMILES string of the molecule is Nc1cccc(/C=C/C(=O)Nc2ccc(I)cc2Cl)c1. The lowest BCUT2D eigenvalue weighted by Crippen LogP contribution is -2.08. The first-order chi connectivity index (χ1) is 9.54. The van der Waals surface area contributed by atoms with Crippen LogP contribution in [0.3, 0.4) is 0 Å². The van der Waals surface area contributed by atoms with Crippen LogP contribution in [0.1, 0.15) is 5.56 Å². The highest BCUT2D eigenvalue weighted by atomic mass is 127. The summed E-state index contributed by atoms with van der Waals surface area (Å²) in [6.45, 7) is 0. The van der Waals surface area contributed by atoms with Crippen molar-refractivity contribution >= 4 is 57.5 Å². The molecule has 2 aromatic rings. The highest BCUT2D eigenvalue weighted by Crippen LogP contribution is 2.23. The zero-order valence-electron chi connectivity index (χ0n) is 10.4. The zero-order valence-corrected chi connectivity index (χ0v) is 13.4. The molecule has 0 aliphatic heterocycles. The molecule has 0 spiro atoms. The van der Waals surface area contributed by atoms with Crippen molar-refractivity contribution < 1.29 is 4.79 Å². The third-order valence-electron chi connectivity index (χ3n) is 2.53. The number of nitrogens with two attached hydrogens (primary N) is 1. The van der Waals surface area contributed by atoms with Gasteiger partial charge in [-0.15, -0.1) is 0 Å². The summed E-state index contributed by atoms with van der Waals surface area (Å²) in [6.07, 6.45) is 3.15. The van der Waals surface area contributed by atoms with E-state index in [4.69, 9.17) is 17.3 Å². The standard InChI is InChI=1S/C15H12ClIN2O/c16-13-9-11(17)5-6-14(13)19-15(20)7-4-10-2-1-3-12(18)8-10/h1-9H,18H2,(H,19,20)/b7-4+. The van der Waals surface area contributed by atoms with Gasteiger partial charge in [0.05, 0.1) is 10.7 Å². The van der Waals surface area contributed by atoms with E-state index in [0.29, 0.717) is 16.4 Å². The molecule has 2 rings (SSSR count). The molecule has 0 aliphatic carbocycles. The first-order valence-electron chi connectivity index (χ1n) is 5.84. The molecule has 5 heteroatoms. The average molecular weight is 399 g/mol. The Kier molecular flexibility index (Phi) is 5.03. The number of nitrogen functional groups attached to an aromatic ring is 1. The van der Waals surface area contributed by atoms with Gasteiger partial charge >= 0.3 is 0 Å². The Labute approximate surface area is 136 Å². The second-order valence-corrected chi connectivity index (χ2v) is 5.77. The number of halogens is 2. The highest BCUT2D eigenvalue weighted by molar-refractivity contribution is 14.1. The summed E-state index contributed by atoms with van der Waals surface area (Å²) >= 11 is 8.21. The lowest BCUT2D eigenvalue weighted by Gasteiger charge is -2.05. The van der Waals surface area contributed by atoms with Gasteiger partial charge in [-0.2, -0.15) is 0 Å². The first kappa shape index (κ1) is 14.9. The van der Waals surface area contributed by atoms with Crippen molar-refractivity contribution in [2.24, 2.45) is 0 Å². The number of anilines is 2. The largest absolute Gasteiger partial charge is 0.399 e. The van der Waals surface area contributed by atoms with Crippen LogP contribution in [-0.4, -0.2) is 5.91 Å². The molecule has 0 fully saturated rings. The normalized spacial score (nSPS) is 10.7. The molecule has 3 N–H and O–H groups in total. The van der Waals surface area contributed by atoms with E-state index < -0.39 is 0 Å². The topological polar surface area (TPSA) is 55.1 Å². The zero-order chi connectivity index (χ0) is 14.5. The van der Waals surface area contributed by atoms with Crippen molar-refractivity contribution in [3.05, 3.63) is 62.7 Å². The second-order valence-electron chi connectivity index (χ2n) is 4.12. The predicted octanol–water partition coefficient (Wildman–Crippen LogP) is 4.18. The molecule has 0 saturated heterocycles. The van der Waals surface area contributed by atoms with Crippen LogP contribution in [0.4, 0.5) is 11.4 Å². The molecule has 0 bridgehead atoms. The van der Waals surface area contributed by atoms with Crippen LogP contribution in [0.2, 0.25) is 5.02 Å². The summed E-state index contributed by atoms with van der Waals surface area (Å²) in [5.41, 5.74) is 7.79. The van der Waals surface area contributed by atoms with E-state index >= 15 is 0 Å². The van der Waals surface area contributed by atoms with Crippen LogP contribution in [0.25, 0.3) is 6.08 Å². The van der Waals surface area contributed by atoms with Crippen LogP contribution in [0.5, 0.6) is 0 Å². The van der Waals surface area contributed by atoms with Gasteiger partial charge in [0, 0.05) is 15.3 Å². The lowest BCUT2D eigenvalue weighted by molar-refractivity contribution is -0.111. The van der Waals surface area contributed by atoms with Gasteiger partial charge in [0.15, 0.2) is 0 Å². The Hall–Kier alpha value is -1.53. The molecule has 0 aromatic heterocycles. The minimum Gasteiger partial charge on any atom is -0.399 e. The maximum absolute atomic E-state index is 11.8. The number of rotatable bonds is 3. The van der Waals surface area contributed by atoms with Crippen LogP contribution < -0.4 is 11.1 Å². The van der Waals surface area contributed by atoms with Crippen LogP contribution in [-0.2, 0) is 4.79 Å². The summed E-state index contributed by atoms with van der Waals surface area (Å²) in [7, 11) is 0. The van der Waals surface area contributed by atoms with Crippen molar-refractivity contribution in [1.29, 1.82) is 0 Å². The smallest absolute Gasteiger partial charge is 0.248 e. The summed E-state index contributed by atoms with van der Waals surface area (Å²) in [5, 5.41) is 3.25. The summed E-state index contributed by atoms with van der Waals surface area (Å²) in [6, 6.07) is 12.7. The van der Waals surface area contributed by atoms with Crippen LogP contribution >= 0.6 is 34.2 Å². The monoisotopic (exact) mass is 398 g/mol. The third kappa shape index (κ3) is 4.25. The van der Waals surface area contributed by atoms with Gasteiger partial charge in [0.25, 0.3) is 0 Å². The fraction of sp³-hybridized carbons (Fsp3) is 0. The second kappa shape index (κ2) is 6.76. The van der Waals surface area contributed by atoms with Crippen molar-refractivity contribution in [3.8, 4) is 0 Å². The molecule has 0 saturated carbocycles. The van der Waals surface area contributed by atoms with Gasteiger partial charge < -0.3 is 11.1 Å². The van der Waals surface area contributed by atoms with Gasteiger partial charge in [-0.05, 0) is 64.6 Å². The summed E-state index contributed by atoms with van der Waals surface area (Å²) in [4.78, 5) is 11.8. The molecular formula is C15H12ClIN2O. The maximum atomic E-state index is 11.8. The molecule has 20 heavy (non-hydrogen) atoms. The fourth-order valence-corrected chi connectivity index (χ4v) is 2.50. The van der Waals surface area contributed by atoms with Gasteiger partial charge in [-0.1, -0.05) is 23.7 Å². The summed E-state index contributed by atoms with van der Waals surface area (Å²) in [5.74, 6) is -0.240. The number of carbonyl (C=O) groups is 1. The minimum atomic E-state index is -0.240. The number of amides is 1.